The van der Waals surface area contributed by atoms with Crippen molar-refractivity contribution in [2.75, 3.05) is 13.1 Å². The van der Waals surface area contributed by atoms with Crippen molar-refractivity contribution in [2.45, 2.75) is 40.0 Å². The summed E-state index contributed by atoms with van der Waals surface area (Å²) in [5.41, 5.74) is 1.22. The maximum atomic E-state index is 13.4. The summed E-state index contributed by atoms with van der Waals surface area (Å²) in [6.07, 6.45) is 2.36. The van der Waals surface area contributed by atoms with Crippen molar-refractivity contribution < 1.29 is 13.6 Å². The SMILES string of the molecule is Cc1oc(-c2cccc(F)c2)nc1CC(=O)N1CCC(C(C)C)CC1. The Hall–Kier alpha value is -2.17. The monoisotopic (exact) mass is 344 g/mol. The fraction of sp³-hybridized carbons (Fsp3) is 0.500. The molecule has 0 atom stereocenters. The number of hydrogen-bond acceptors (Lipinski definition) is 3. The van der Waals surface area contributed by atoms with Gasteiger partial charge in [-0.2, -0.15) is 0 Å². The van der Waals surface area contributed by atoms with Crippen LogP contribution in [0.3, 0.4) is 0 Å². The standard InChI is InChI=1S/C20H25FN2O2/c1-13(2)15-7-9-23(10-8-15)19(24)12-18-14(3)25-20(22-18)16-5-4-6-17(21)11-16/h4-6,11,13,15H,7-10,12H2,1-3H3. The molecule has 134 valence electrons. The van der Waals surface area contributed by atoms with Crippen LogP contribution in [-0.4, -0.2) is 28.9 Å². The highest BCUT2D eigenvalue weighted by Gasteiger charge is 2.25. The largest absolute Gasteiger partial charge is 0.441 e. The third-order valence-electron chi connectivity index (χ3n) is 5.12. The fourth-order valence-corrected chi connectivity index (χ4v) is 3.41. The van der Waals surface area contributed by atoms with Crippen LogP contribution in [0, 0.1) is 24.6 Å². The van der Waals surface area contributed by atoms with Gasteiger partial charge in [-0.1, -0.05) is 19.9 Å². The van der Waals surface area contributed by atoms with Crippen LogP contribution in [0.5, 0.6) is 0 Å². The molecule has 25 heavy (non-hydrogen) atoms. The molecule has 0 N–H and O–H groups in total. The Morgan fingerprint density at radius 2 is 2.08 bits per heavy atom. The molecule has 0 spiro atoms. The topological polar surface area (TPSA) is 46.3 Å². The predicted octanol–water partition coefficient (Wildman–Crippen LogP) is 4.23. The van der Waals surface area contributed by atoms with Gasteiger partial charge in [-0.15, -0.1) is 0 Å². The average molecular weight is 344 g/mol. The van der Waals surface area contributed by atoms with E-state index >= 15 is 0 Å². The third-order valence-corrected chi connectivity index (χ3v) is 5.12. The van der Waals surface area contributed by atoms with E-state index in [9.17, 15) is 9.18 Å². The van der Waals surface area contributed by atoms with Crippen molar-refractivity contribution in [3.8, 4) is 11.5 Å². The lowest BCUT2D eigenvalue weighted by atomic mass is 9.86. The molecule has 0 saturated carbocycles. The molecule has 0 bridgehead atoms. The number of piperidine rings is 1. The number of likely N-dealkylation sites (tertiary alicyclic amines) is 1. The molecule has 1 aromatic heterocycles. The lowest BCUT2D eigenvalue weighted by Crippen LogP contribution is -2.40. The maximum absolute atomic E-state index is 13.4. The molecule has 2 aromatic rings. The first kappa shape index (κ1) is 17.6. The fourth-order valence-electron chi connectivity index (χ4n) is 3.41. The number of nitrogens with zero attached hydrogens (tertiary/aromatic N) is 2. The van der Waals surface area contributed by atoms with E-state index in [1.165, 1.54) is 12.1 Å². The first-order valence-corrected chi connectivity index (χ1v) is 8.94. The minimum Gasteiger partial charge on any atom is -0.441 e. The zero-order valence-electron chi connectivity index (χ0n) is 15.1. The van der Waals surface area contributed by atoms with Crippen molar-refractivity contribution in [2.24, 2.45) is 11.8 Å². The van der Waals surface area contributed by atoms with E-state index < -0.39 is 0 Å². The van der Waals surface area contributed by atoms with E-state index in [0.29, 0.717) is 34.7 Å². The van der Waals surface area contributed by atoms with Crippen LogP contribution >= 0.6 is 0 Å². The molecule has 1 saturated heterocycles. The van der Waals surface area contributed by atoms with Gasteiger partial charge < -0.3 is 9.32 Å². The second kappa shape index (κ2) is 7.38. The second-order valence-electron chi connectivity index (χ2n) is 7.17. The number of amides is 1. The first-order valence-electron chi connectivity index (χ1n) is 8.94. The first-order chi connectivity index (χ1) is 11.9. The maximum Gasteiger partial charge on any atom is 0.228 e. The summed E-state index contributed by atoms with van der Waals surface area (Å²) >= 11 is 0. The molecule has 1 fully saturated rings. The summed E-state index contributed by atoms with van der Waals surface area (Å²) in [5, 5.41) is 0. The summed E-state index contributed by atoms with van der Waals surface area (Å²) in [4.78, 5) is 18.9. The minimum absolute atomic E-state index is 0.0874. The minimum atomic E-state index is -0.334. The van der Waals surface area contributed by atoms with Crippen molar-refractivity contribution in [3.05, 3.63) is 41.5 Å². The van der Waals surface area contributed by atoms with Gasteiger partial charge in [0.1, 0.15) is 11.6 Å². The van der Waals surface area contributed by atoms with Gasteiger partial charge in [0.25, 0.3) is 0 Å². The number of halogens is 1. The van der Waals surface area contributed by atoms with E-state index in [0.717, 1.165) is 25.9 Å². The molecule has 1 aromatic carbocycles. The third kappa shape index (κ3) is 4.09. The Balaban J connectivity index is 1.66. The highest BCUT2D eigenvalue weighted by Crippen LogP contribution is 2.26. The zero-order valence-corrected chi connectivity index (χ0v) is 15.1. The molecular formula is C20H25FN2O2. The van der Waals surface area contributed by atoms with Crippen molar-refractivity contribution in [3.63, 3.8) is 0 Å². The van der Waals surface area contributed by atoms with Gasteiger partial charge in [0.05, 0.1) is 12.1 Å². The van der Waals surface area contributed by atoms with E-state index in [1.54, 1.807) is 19.1 Å². The molecule has 3 rings (SSSR count). The zero-order chi connectivity index (χ0) is 18.0. The number of rotatable bonds is 4. The normalized spacial score (nSPS) is 15.8. The Morgan fingerprint density at radius 1 is 1.36 bits per heavy atom. The van der Waals surface area contributed by atoms with Crippen LogP contribution in [0.25, 0.3) is 11.5 Å². The number of benzene rings is 1. The molecule has 0 radical (unpaired) electrons. The van der Waals surface area contributed by atoms with Crippen LogP contribution in [0.1, 0.15) is 38.1 Å². The quantitative estimate of drug-likeness (QED) is 0.834. The molecule has 1 aliphatic heterocycles. The van der Waals surface area contributed by atoms with Crippen LogP contribution in [0.15, 0.2) is 28.7 Å². The Bertz CT molecular complexity index is 746. The summed E-state index contributed by atoms with van der Waals surface area (Å²) in [6.45, 7) is 7.91. The van der Waals surface area contributed by atoms with Crippen molar-refractivity contribution in [1.82, 2.24) is 9.88 Å². The van der Waals surface area contributed by atoms with E-state index in [1.807, 2.05) is 4.90 Å². The molecule has 1 amide bonds. The van der Waals surface area contributed by atoms with Gasteiger partial charge in [0.2, 0.25) is 11.8 Å². The molecule has 0 unspecified atom stereocenters. The van der Waals surface area contributed by atoms with Crippen LogP contribution in [-0.2, 0) is 11.2 Å². The smallest absolute Gasteiger partial charge is 0.228 e. The van der Waals surface area contributed by atoms with Gasteiger partial charge in [0.15, 0.2) is 0 Å². The van der Waals surface area contributed by atoms with Crippen LogP contribution in [0.2, 0.25) is 0 Å². The van der Waals surface area contributed by atoms with Gasteiger partial charge in [-0.3, -0.25) is 4.79 Å². The van der Waals surface area contributed by atoms with Crippen LogP contribution < -0.4 is 0 Å². The van der Waals surface area contributed by atoms with E-state index in [2.05, 4.69) is 18.8 Å². The molecule has 5 heteroatoms. The Labute approximate surface area is 148 Å². The number of aryl methyl sites for hydroxylation is 1. The molecule has 1 aliphatic rings. The molecular weight excluding hydrogens is 319 g/mol. The highest BCUT2D eigenvalue weighted by molar-refractivity contribution is 5.78. The van der Waals surface area contributed by atoms with Crippen molar-refractivity contribution in [1.29, 1.82) is 0 Å². The predicted molar refractivity (Wildman–Crippen MR) is 94.5 cm³/mol. The molecule has 0 aliphatic carbocycles. The van der Waals surface area contributed by atoms with Gasteiger partial charge in [-0.25, -0.2) is 9.37 Å². The number of hydrogen-bond donors (Lipinski definition) is 0. The molecule has 4 nitrogen and oxygen atoms in total. The summed E-state index contributed by atoms with van der Waals surface area (Å²) in [5.74, 6) is 2.10. The van der Waals surface area contributed by atoms with E-state index in [4.69, 9.17) is 4.42 Å². The van der Waals surface area contributed by atoms with Crippen LogP contribution in [0.4, 0.5) is 4.39 Å². The summed E-state index contributed by atoms with van der Waals surface area (Å²) < 4.78 is 19.0. The van der Waals surface area contributed by atoms with Crippen molar-refractivity contribution >= 4 is 5.91 Å². The second-order valence-corrected chi connectivity index (χ2v) is 7.17. The lowest BCUT2D eigenvalue weighted by Gasteiger charge is -2.33. The lowest BCUT2D eigenvalue weighted by molar-refractivity contribution is -0.132. The number of carbonyl (C=O) groups excluding carboxylic acids is 1. The van der Waals surface area contributed by atoms with Gasteiger partial charge in [0, 0.05) is 18.7 Å². The molecule has 2 heterocycles. The average Bonchev–Trinajstić information content (AvgIpc) is 2.96. The Morgan fingerprint density at radius 3 is 2.72 bits per heavy atom. The highest BCUT2D eigenvalue weighted by atomic mass is 19.1. The summed E-state index contributed by atoms with van der Waals surface area (Å²) in [6, 6.07) is 6.13. The number of aromatic nitrogens is 1. The Kier molecular flexibility index (Phi) is 5.21. The van der Waals surface area contributed by atoms with Gasteiger partial charge in [-0.05, 0) is 49.8 Å². The number of oxazole rings is 1. The van der Waals surface area contributed by atoms with Gasteiger partial charge >= 0.3 is 0 Å². The summed E-state index contributed by atoms with van der Waals surface area (Å²) in [7, 11) is 0. The van der Waals surface area contributed by atoms with E-state index in [-0.39, 0.29) is 18.1 Å². The number of carbonyl (C=O) groups is 1.